The molecule has 0 amide bonds. The predicted octanol–water partition coefficient (Wildman–Crippen LogP) is 4.52. The van der Waals surface area contributed by atoms with Gasteiger partial charge < -0.3 is 14.9 Å². The standard InChI is InChI=1S/C27H26F2N2O4/c1-17-25(22(34)13-27(2,16-33)20-10-8-18(14-32)9-11-20)31-12-4-7-23(26(31)30-17)35-15-19-5-3-6-21(28)24(19)29/h3-12,32-33H,13-16H2,1-2H3/t27-/m0/s1. The Morgan fingerprint density at radius 3 is 2.51 bits per heavy atom. The molecule has 0 aliphatic carbocycles. The number of Topliss-reactive ketones (excluding diaryl/α,β-unsaturated/α-hetero) is 1. The van der Waals surface area contributed by atoms with E-state index in [0.29, 0.717) is 22.8 Å². The number of hydrogen-bond acceptors (Lipinski definition) is 5. The molecule has 0 aliphatic rings. The lowest BCUT2D eigenvalue weighted by molar-refractivity contribution is 0.0912. The zero-order valence-corrected chi connectivity index (χ0v) is 19.5. The Labute approximate surface area is 201 Å². The van der Waals surface area contributed by atoms with Crippen molar-refractivity contribution in [1.29, 1.82) is 0 Å². The summed E-state index contributed by atoms with van der Waals surface area (Å²) in [4.78, 5) is 17.9. The molecule has 0 spiro atoms. The van der Waals surface area contributed by atoms with E-state index < -0.39 is 17.0 Å². The lowest BCUT2D eigenvalue weighted by Gasteiger charge is -2.27. The summed E-state index contributed by atoms with van der Waals surface area (Å²) in [5, 5.41) is 19.4. The number of fused-ring (bicyclic) bond motifs is 1. The van der Waals surface area contributed by atoms with Gasteiger partial charge in [-0.1, -0.05) is 43.3 Å². The number of aliphatic hydroxyl groups is 2. The first-order valence-electron chi connectivity index (χ1n) is 11.1. The summed E-state index contributed by atoms with van der Waals surface area (Å²) in [5.41, 5.74) is 1.96. The van der Waals surface area contributed by atoms with E-state index in [1.807, 2.05) is 0 Å². The third kappa shape index (κ3) is 4.80. The van der Waals surface area contributed by atoms with Gasteiger partial charge in [0.25, 0.3) is 0 Å². The van der Waals surface area contributed by atoms with Crippen LogP contribution in [0.15, 0.2) is 60.8 Å². The van der Waals surface area contributed by atoms with Crippen LogP contribution in [0.25, 0.3) is 5.65 Å². The van der Waals surface area contributed by atoms with Crippen molar-refractivity contribution in [3.05, 3.63) is 101 Å². The van der Waals surface area contributed by atoms with Gasteiger partial charge >= 0.3 is 0 Å². The number of carbonyl (C=O) groups excluding carboxylic acids is 1. The molecule has 0 saturated carbocycles. The maximum atomic E-state index is 14.0. The van der Waals surface area contributed by atoms with Gasteiger partial charge in [-0.15, -0.1) is 0 Å². The molecular weight excluding hydrogens is 454 g/mol. The summed E-state index contributed by atoms with van der Waals surface area (Å²) in [6.45, 7) is 2.97. The van der Waals surface area contributed by atoms with Crippen LogP contribution in [0, 0.1) is 18.6 Å². The Morgan fingerprint density at radius 2 is 1.83 bits per heavy atom. The van der Waals surface area contributed by atoms with Gasteiger partial charge in [0.2, 0.25) is 0 Å². The first kappa shape index (κ1) is 24.5. The number of ketones is 1. The molecule has 0 saturated heterocycles. The first-order chi connectivity index (χ1) is 16.8. The van der Waals surface area contributed by atoms with Crippen molar-refractivity contribution in [3.63, 3.8) is 0 Å². The minimum Gasteiger partial charge on any atom is -0.485 e. The van der Waals surface area contributed by atoms with Gasteiger partial charge in [-0.25, -0.2) is 13.8 Å². The highest BCUT2D eigenvalue weighted by Crippen LogP contribution is 2.31. The van der Waals surface area contributed by atoms with Gasteiger partial charge in [-0.05, 0) is 36.2 Å². The molecule has 1 atom stereocenters. The average Bonchev–Trinajstić information content (AvgIpc) is 3.21. The second-order valence-electron chi connectivity index (χ2n) is 8.79. The molecular formula is C27H26F2N2O4. The fraction of sp³-hybridized carbons (Fsp3) is 0.259. The quantitative estimate of drug-likeness (QED) is 0.344. The van der Waals surface area contributed by atoms with Crippen molar-refractivity contribution in [2.24, 2.45) is 0 Å². The van der Waals surface area contributed by atoms with E-state index in [0.717, 1.165) is 17.2 Å². The summed E-state index contributed by atoms with van der Waals surface area (Å²) in [6, 6.07) is 14.3. The molecule has 0 bridgehead atoms. The van der Waals surface area contributed by atoms with Crippen LogP contribution in [-0.2, 0) is 18.6 Å². The number of rotatable bonds is 9. The Morgan fingerprint density at radius 1 is 1.09 bits per heavy atom. The van der Waals surface area contributed by atoms with Crippen molar-refractivity contribution in [1.82, 2.24) is 9.38 Å². The topological polar surface area (TPSA) is 84.1 Å². The fourth-order valence-electron chi connectivity index (χ4n) is 4.12. The third-order valence-corrected chi connectivity index (χ3v) is 6.20. The highest BCUT2D eigenvalue weighted by molar-refractivity contribution is 5.97. The van der Waals surface area contributed by atoms with E-state index in [4.69, 9.17) is 4.74 Å². The van der Waals surface area contributed by atoms with E-state index in [2.05, 4.69) is 4.98 Å². The van der Waals surface area contributed by atoms with Crippen molar-refractivity contribution < 1.29 is 28.5 Å². The highest BCUT2D eigenvalue weighted by Gasteiger charge is 2.31. The van der Waals surface area contributed by atoms with E-state index >= 15 is 0 Å². The minimum absolute atomic E-state index is 0.0240. The van der Waals surface area contributed by atoms with Gasteiger partial charge in [0.1, 0.15) is 12.3 Å². The molecule has 2 N–H and O–H groups in total. The number of pyridine rings is 1. The monoisotopic (exact) mass is 480 g/mol. The van der Waals surface area contributed by atoms with Gasteiger partial charge in [0.05, 0.1) is 18.9 Å². The number of carbonyl (C=O) groups is 1. The van der Waals surface area contributed by atoms with Gasteiger partial charge in [0, 0.05) is 23.6 Å². The second-order valence-corrected chi connectivity index (χ2v) is 8.79. The summed E-state index contributed by atoms with van der Waals surface area (Å²) >= 11 is 0. The Kier molecular flexibility index (Phi) is 6.95. The normalized spacial score (nSPS) is 13.1. The zero-order valence-electron chi connectivity index (χ0n) is 19.5. The number of aromatic nitrogens is 2. The van der Waals surface area contributed by atoms with Crippen LogP contribution in [0.2, 0.25) is 0 Å². The molecule has 2 heterocycles. The largest absolute Gasteiger partial charge is 0.485 e. The van der Waals surface area contributed by atoms with Crippen molar-refractivity contribution in [2.45, 2.75) is 38.9 Å². The van der Waals surface area contributed by atoms with Crippen LogP contribution in [-0.4, -0.2) is 32.0 Å². The number of ether oxygens (including phenoxy) is 1. The molecule has 8 heteroatoms. The predicted molar refractivity (Wildman–Crippen MR) is 126 cm³/mol. The number of aliphatic hydroxyl groups excluding tert-OH is 2. The SMILES string of the molecule is Cc1nc2c(OCc3cccc(F)c3F)cccn2c1C(=O)C[C@@](C)(CO)c1ccc(CO)cc1. The van der Waals surface area contributed by atoms with E-state index in [1.54, 1.807) is 60.8 Å². The van der Waals surface area contributed by atoms with Crippen molar-refractivity contribution in [3.8, 4) is 5.75 Å². The van der Waals surface area contributed by atoms with Crippen LogP contribution >= 0.6 is 0 Å². The first-order valence-corrected chi connectivity index (χ1v) is 11.1. The number of aryl methyl sites for hydroxylation is 1. The Bertz CT molecular complexity index is 1370. The molecule has 35 heavy (non-hydrogen) atoms. The fourth-order valence-corrected chi connectivity index (χ4v) is 4.12. The Hall–Kier alpha value is -3.62. The maximum Gasteiger partial charge on any atom is 0.182 e. The lowest BCUT2D eigenvalue weighted by atomic mass is 9.78. The van der Waals surface area contributed by atoms with Crippen molar-refractivity contribution in [2.75, 3.05) is 6.61 Å². The number of halogens is 2. The molecule has 0 fully saturated rings. The van der Waals surface area contributed by atoms with Gasteiger partial charge in [-0.2, -0.15) is 0 Å². The third-order valence-electron chi connectivity index (χ3n) is 6.20. The second kappa shape index (κ2) is 9.93. The summed E-state index contributed by atoms with van der Waals surface area (Å²) in [5.74, 6) is -1.81. The minimum atomic E-state index is -0.967. The molecule has 0 unspecified atom stereocenters. The molecule has 2 aromatic heterocycles. The Balaban J connectivity index is 1.62. The molecule has 0 aliphatic heterocycles. The highest BCUT2D eigenvalue weighted by atomic mass is 19.2. The average molecular weight is 481 g/mol. The maximum absolute atomic E-state index is 14.0. The zero-order chi connectivity index (χ0) is 25.2. The summed E-state index contributed by atoms with van der Waals surface area (Å²) < 4.78 is 34.9. The van der Waals surface area contributed by atoms with Crippen LogP contribution < -0.4 is 4.74 Å². The molecule has 6 nitrogen and oxygen atoms in total. The summed E-state index contributed by atoms with van der Waals surface area (Å²) in [7, 11) is 0. The van der Waals surface area contributed by atoms with E-state index in [9.17, 15) is 23.8 Å². The molecule has 4 aromatic rings. The van der Waals surface area contributed by atoms with E-state index in [1.165, 1.54) is 12.1 Å². The van der Waals surface area contributed by atoms with Crippen LogP contribution in [0.3, 0.4) is 0 Å². The van der Waals surface area contributed by atoms with Gasteiger partial charge in [0.15, 0.2) is 28.8 Å². The van der Waals surface area contributed by atoms with Crippen LogP contribution in [0.4, 0.5) is 8.78 Å². The summed E-state index contributed by atoms with van der Waals surface area (Å²) in [6.07, 6.45) is 1.71. The van der Waals surface area contributed by atoms with E-state index in [-0.39, 0.29) is 37.6 Å². The molecule has 4 rings (SSSR count). The van der Waals surface area contributed by atoms with Gasteiger partial charge in [-0.3, -0.25) is 9.20 Å². The molecule has 2 aromatic carbocycles. The smallest absolute Gasteiger partial charge is 0.182 e. The number of imidazole rings is 1. The number of nitrogens with zero attached hydrogens (tertiary/aromatic N) is 2. The van der Waals surface area contributed by atoms with Crippen LogP contribution in [0.5, 0.6) is 5.75 Å². The number of benzene rings is 2. The van der Waals surface area contributed by atoms with Crippen LogP contribution in [0.1, 0.15) is 46.2 Å². The van der Waals surface area contributed by atoms with Crippen molar-refractivity contribution >= 4 is 11.4 Å². The molecule has 0 radical (unpaired) electrons. The molecule has 182 valence electrons. The number of hydrogen-bond donors (Lipinski definition) is 2. The lowest BCUT2D eigenvalue weighted by Crippen LogP contribution is -2.30.